The van der Waals surface area contributed by atoms with Gasteiger partial charge in [-0.15, -0.1) is 0 Å². The first kappa shape index (κ1) is 20.1. The van der Waals surface area contributed by atoms with Gasteiger partial charge in [0.2, 0.25) is 11.8 Å². The van der Waals surface area contributed by atoms with E-state index in [4.69, 9.17) is 0 Å². The van der Waals surface area contributed by atoms with Crippen LogP contribution in [0.25, 0.3) is 0 Å². The number of carbonyl (C=O) groups excluding carboxylic acids is 3. The monoisotopic (exact) mass is 443 g/mol. The molecule has 146 valence electrons. The van der Waals surface area contributed by atoms with Crippen molar-refractivity contribution in [2.75, 3.05) is 23.8 Å². The van der Waals surface area contributed by atoms with Crippen molar-refractivity contribution in [3.63, 3.8) is 0 Å². The summed E-state index contributed by atoms with van der Waals surface area (Å²) in [5.41, 5.74) is 2.52. The van der Waals surface area contributed by atoms with E-state index in [0.717, 1.165) is 22.9 Å². The Bertz CT molecular complexity index is 925. The normalized spacial score (nSPS) is 13.0. The van der Waals surface area contributed by atoms with Gasteiger partial charge in [0.1, 0.15) is 0 Å². The molecule has 0 aliphatic heterocycles. The maximum atomic E-state index is 12.6. The molecular formula is C21H22BrN3O3. The van der Waals surface area contributed by atoms with E-state index < -0.39 is 5.91 Å². The quantitative estimate of drug-likeness (QED) is 0.716. The summed E-state index contributed by atoms with van der Waals surface area (Å²) in [4.78, 5) is 38.7. The van der Waals surface area contributed by atoms with Gasteiger partial charge < -0.3 is 15.5 Å². The van der Waals surface area contributed by atoms with Gasteiger partial charge in [-0.25, -0.2) is 0 Å². The van der Waals surface area contributed by atoms with Crippen LogP contribution < -0.4 is 15.5 Å². The molecule has 0 saturated heterocycles. The molecule has 3 rings (SSSR count). The zero-order valence-corrected chi connectivity index (χ0v) is 17.4. The molecule has 2 aromatic rings. The Morgan fingerprint density at radius 2 is 1.86 bits per heavy atom. The van der Waals surface area contributed by atoms with Crippen molar-refractivity contribution in [2.45, 2.75) is 19.8 Å². The molecule has 1 fully saturated rings. The minimum Gasteiger partial charge on any atom is -0.343 e. The molecule has 0 bridgehead atoms. The van der Waals surface area contributed by atoms with E-state index in [9.17, 15) is 14.4 Å². The second kappa shape index (κ2) is 8.56. The van der Waals surface area contributed by atoms with E-state index in [2.05, 4.69) is 26.6 Å². The standard InChI is InChI=1S/C21H22BrN3O3/c1-13-11-15(22)9-10-17(13)24-19(26)12-23-20(27)16-5-3-4-6-18(16)25(2)21(28)14-7-8-14/h3-6,9-11,14H,7-8,12H2,1-2H3,(H,23,27)(H,24,26). The van der Waals surface area contributed by atoms with Crippen LogP contribution in [-0.4, -0.2) is 31.3 Å². The smallest absolute Gasteiger partial charge is 0.253 e. The van der Waals surface area contributed by atoms with Crippen LogP contribution in [0.15, 0.2) is 46.9 Å². The van der Waals surface area contributed by atoms with E-state index in [0.29, 0.717) is 16.9 Å². The third kappa shape index (κ3) is 4.78. The maximum absolute atomic E-state index is 12.6. The fraction of sp³-hybridized carbons (Fsp3) is 0.286. The maximum Gasteiger partial charge on any atom is 0.253 e. The van der Waals surface area contributed by atoms with Crippen molar-refractivity contribution < 1.29 is 14.4 Å². The van der Waals surface area contributed by atoms with E-state index in [1.807, 2.05) is 19.1 Å². The Labute approximate surface area is 172 Å². The van der Waals surface area contributed by atoms with Crippen LogP contribution in [0.4, 0.5) is 11.4 Å². The van der Waals surface area contributed by atoms with Crippen molar-refractivity contribution in [2.24, 2.45) is 5.92 Å². The number of aryl methyl sites for hydroxylation is 1. The number of para-hydroxylation sites is 1. The van der Waals surface area contributed by atoms with Crippen LogP contribution in [0.3, 0.4) is 0 Å². The van der Waals surface area contributed by atoms with Crippen molar-refractivity contribution in [1.82, 2.24) is 5.32 Å². The van der Waals surface area contributed by atoms with Crippen LogP contribution in [-0.2, 0) is 9.59 Å². The second-order valence-corrected chi connectivity index (χ2v) is 7.79. The van der Waals surface area contributed by atoms with Gasteiger partial charge in [0.05, 0.1) is 17.8 Å². The number of nitrogens with zero attached hydrogens (tertiary/aromatic N) is 1. The Kier molecular flexibility index (Phi) is 6.14. The Balaban J connectivity index is 1.63. The van der Waals surface area contributed by atoms with E-state index in [1.165, 1.54) is 4.90 Å². The average molecular weight is 444 g/mol. The molecule has 0 heterocycles. The summed E-state index contributed by atoms with van der Waals surface area (Å²) in [6.07, 6.45) is 1.79. The molecule has 1 aliphatic rings. The fourth-order valence-electron chi connectivity index (χ4n) is 2.90. The Morgan fingerprint density at radius 1 is 1.14 bits per heavy atom. The number of benzene rings is 2. The highest BCUT2D eigenvalue weighted by Crippen LogP contribution is 2.33. The minimum atomic E-state index is -0.395. The number of nitrogens with one attached hydrogen (secondary N) is 2. The first-order valence-electron chi connectivity index (χ1n) is 9.07. The number of hydrogen-bond acceptors (Lipinski definition) is 3. The first-order chi connectivity index (χ1) is 13.4. The predicted molar refractivity (Wildman–Crippen MR) is 112 cm³/mol. The molecule has 0 aromatic heterocycles. The second-order valence-electron chi connectivity index (χ2n) is 6.88. The van der Waals surface area contributed by atoms with E-state index >= 15 is 0 Å². The number of anilines is 2. The van der Waals surface area contributed by atoms with Crippen LogP contribution in [0.1, 0.15) is 28.8 Å². The SMILES string of the molecule is Cc1cc(Br)ccc1NC(=O)CNC(=O)c1ccccc1N(C)C(=O)C1CC1. The molecule has 1 saturated carbocycles. The van der Waals surface area contributed by atoms with Crippen molar-refractivity contribution in [3.8, 4) is 0 Å². The predicted octanol–water partition coefficient (Wildman–Crippen LogP) is 3.50. The van der Waals surface area contributed by atoms with E-state index in [1.54, 1.807) is 37.4 Å². The van der Waals surface area contributed by atoms with Crippen LogP contribution in [0, 0.1) is 12.8 Å². The van der Waals surface area contributed by atoms with Gasteiger partial charge in [-0.05, 0) is 55.7 Å². The number of rotatable bonds is 6. The summed E-state index contributed by atoms with van der Waals surface area (Å²) in [5, 5.41) is 5.41. The zero-order chi connectivity index (χ0) is 20.3. The lowest BCUT2D eigenvalue weighted by molar-refractivity contribution is -0.119. The molecule has 6 nitrogen and oxygen atoms in total. The van der Waals surface area contributed by atoms with Crippen molar-refractivity contribution in [3.05, 3.63) is 58.1 Å². The lowest BCUT2D eigenvalue weighted by Gasteiger charge is -2.20. The first-order valence-corrected chi connectivity index (χ1v) is 9.87. The molecular weight excluding hydrogens is 422 g/mol. The van der Waals surface area contributed by atoms with Gasteiger partial charge in [-0.3, -0.25) is 14.4 Å². The molecule has 28 heavy (non-hydrogen) atoms. The number of amides is 3. The minimum absolute atomic E-state index is 0.0173. The summed E-state index contributed by atoms with van der Waals surface area (Å²) < 4.78 is 0.928. The third-order valence-corrected chi connectivity index (χ3v) is 5.13. The number of halogens is 1. The van der Waals surface area contributed by atoms with Crippen LogP contribution >= 0.6 is 15.9 Å². The third-order valence-electron chi connectivity index (χ3n) is 4.64. The van der Waals surface area contributed by atoms with Gasteiger partial charge in [0.15, 0.2) is 0 Å². The number of hydrogen-bond donors (Lipinski definition) is 2. The summed E-state index contributed by atoms with van der Waals surface area (Å²) in [6, 6.07) is 12.4. The largest absolute Gasteiger partial charge is 0.343 e. The molecule has 0 atom stereocenters. The van der Waals surface area contributed by atoms with Crippen molar-refractivity contribution in [1.29, 1.82) is 0 Å². The molecule has 2 N–H and O–H groups in total. The average Bonchev–Trinajstić information content (AvgIpc) is 3.52. The Morgan fingerprint density at radius 3 is 2.54 bits per heavy atom. The highest BCUT2D eigenvalue weighted by molar-refractivity contribution is 9.10. The molecule has 0 spiro atoms. The van der Waals surface area contributed by atoms with Gasteiger partial charge in [-0.2, -0.15) is 0 Å². The highest BCUT2D eigenvalue weighted by atomic mass is 79.9. The lowest BCUT2D eigenvalue weighted by Crippen LogP contribution is -2.35. The summed E-state index contributed by atoms with van der Waals surface area (Å²) >= 11 is 3.38. The molecule has 0 radical (unpaired) electrons. The summed E-state index contributed by atoms with van der Waals surface area (Å²) in [5.74, 6) is -0.642. The molecule has 3 amide bonds. The van der Waals surface area contributed by atoms with Gasteiger partial charge >= 0.3 is 0 Å². The molecule has 2 aromatic carbocycles. The molecule has 7 heteroatoms. The fourth-order valence-corrected chi connectivity index (χ4v) is 3.37. The topological polar surface area (TPSA) is 78.5 Å². The van der Waals surface area contributed by atoms with E-state index in [-0.39, 0.29) is 24.3 Å². The number of carbonyl (C=O) groups is 3. The summed E-state index contributed by atoms with van der Waals surface area (Å²) in [7, 11) is 1.68. The lowest BCUT2D eigenvalue weighted by atomic mass is 10.1. The van der Waals surface area contributed by atoms with Crippen LogP contribution in [0.5, 0.6) is 0 Å². The van der Waals surface area contributed by atoms with Gasteiger partial charge in [-0.1, -0.05) is 28.1 Å². The molecule has 0 unspecified atom stereocenters. The summed E-state index contributed by atoms with van der Waals surface area (Å²) in [6.45, 7) is 1.73. The van der Waals surface area contributed by atoms with Gasteiger partial charge in [0, 0.05) is 23.1 Å². The van der Waals surface area contributed by atoms with Crippen LogP contribution in [0.2, 0.25) is 0 Å². The zero-order valence-electron chi connectivity index (χ0n) is 15.8. The molecule has 1 aliphatic carbocycles. The highest BCUT2D eigenvalue weighted by Gasteiger charge is 2.33. The van der Waals surface area contributed by atoms with Crippen molar-refractivity contribution >= 4 is 45.0 Å². The van der Waals surface area contributed by atoms with Gasteiger partial charge in [0.25, 0.3) is 5.91 Å². The Hall–Kier alpha value is -2.67.